The number of rotatable bonds is 4. The van der Waals surface area contributed by atoms with E-state index in [1.54, 1.807) is 17.8 Å². The Labute approximate surface area is 138 Å². The maximum Gasteiger partial charge on any atom is 0.275 e. The molecule has 0 aliphatic heterocycles. The van der Waals surface area contributed by atoms with E-state index in [1.807, 2.05) is 44.2 Å². The molecule has 3 rings (SSSR count). The van der Waals surface area contributed by atoms with E-state index in [4.69, 9.17) is 0 Å². The van der Waals surface area contributed by atoms with E-state index in [1.165, 1.54) is 11.3 Å². The van der Waals surface area contributed by atoms with E-state index < -0.39 is 0 Å². The molecule has 0 saturated carbocycles. The molecule has 0 bridgehead atoms. The van der Waals surface area contributed by atoms with Crippen LogP contribution >= 0.6 is 11.3 Å². The van der Waals surface area contributed by atoms with Crippen molar-refractivity contribution in [2.75, 3.05) is 10.6 Å². The lowest BCUT2D eigenvalue weighted by Gasteiger charge is -2.10. The monoisotopic (exact) mass is 324 g/mol. The van der Waals surface area contributed by atoms with Gasteiger partial charge >= 0.3 is 0 Å². The number of para-hydroxylation sites is 1. The minimum Gasteiger partial charge on any atom is -0.330 e. The first-order valence-electron chi connectivity index (χ1n) is 7.13. The molecular formula is C17H16N4OS. The van der Waals surface area contributed by atoms with Crippen LogP contribution in [0, 0.1) is 13.8 Å². The topological polar surface area (TPSA) is 66.9 Å². The third kappa shape index (κ3) is 3.54. The number of carbonyl (C=O) groups excluding carboxylic acids is 1. The summed E-state index contributed by atoms with van der Waals surface area (Å²) >= 11 is 1.38. The molecule has 3 aromatic rings. The number of anilines is 3. The van der Waals surface area contributed by atoms with Crippen LogP contribution in [0.5, 0.6) is 0 Å². The third-order valence-electron chi connectivity index (χ3n) is 3.37. The molecule has 1 aromatic carbocycles. The Kier molecular flexibility index (Phi) is 4.34. The molecule has 116 valence electrons. The summed E-state index contributed by atoms with van der Waals surface area (Å²) in [4.78, 5) is 20.7. The second kappa shape index (κ2) is 6.58. The molecule has 5 nitrogen and oxygen atoms in total. The molecule has 1 amide bonds. The van der Waals surface area contributed by atoms with Crippen molar-refractivity contribution in [3.8, 4) is 0 Å². The number of hydrogen-bond donors (Lipinski definition) is 2. The molecule has 0 radical (unpaired) electrons. The van der Waals surface area contributed by atoms with Gasteiger partial charge in [0.05, 0.1) is 11.9 Å². The van der Waals surface area contributed by atoms with Crippen LogP contribution in [0.3, 0.4) is 0 Å². The normalized spacial score (nSPS) is 10.3. The Bertz CT molecular complexity index is 809. The lowest BCUT2D eigenvalue weighted by molar-refractivity contribution is 0.102. The molecule has 0 spiro atoms. The lowest BCUT2D eigenvalue weighted by Crippen LogP contribution is -2.14. The van der Waals surface area contributed by atoms with Gasteiger partial charge in [0.25, 0.3) is 5.91 Å². The van der Waals surface area contributed by atoms with Gasteiger partial charge in [0.2, 0.25) is 0 Å². The van der Waals surface area contributed by atoms with Crippen LogP contribution in [-0.2, 0) is 0 Å². The molecule has 2 heterocycles. The van der Waals surface area contributed by atoms with Gasteiger partial charge in [-0.2, -0.15) is 0 Å². The zero-order valence-electron chi connectivity index (χ0n) is 12.8. The molecule has 6 heteroatoms. The first-order valence-corrected chi connectivity index (χ1v) is 8.01. The first kappa shape index (κ1) is 15.2. The van der Waals surface area contributed by atoms with Crippen LogP contribution in [-0.4, -0.2) is 15.9 Å². The van der Waals surface area contributed by atoms with Crippen molar-refractivity contribution in [1.29, 1.82) is 0 Å². The van der Waals surface area contributed by atoms with Crippen LogP contribution in [0.15, 0.2) is 48.1 Å². The van der Waals surface area contributed by atoms with E-state index in [2.05, 4.69) is 20.6 Å². The van der Waals surface area contributed by atoms with E-state index in [0.29, 0.717) is 10.8 Å². The number of carbonyl (C=O) groups is 1. The summed E-state index contributed by atoms with van der Waals surface area (Å²) < 4.78 is 0. The van der Waals surface area contributed by atoms with E-state index in [0.717, 1.165) is 22.5 Å². The number of nitrogens with one attached hydrogen (secondary N) is 2. The van der Waals surface area contributed by atoms with Crippen molar-refractivity contribution < 1.29 is 4.79 Å². The van der Waals surface area contributed by atoms with Crippen molar-refractivity contribution in [2.24, 2.45) is 0 Å². The van der Waals surface area contributed by atoms with Crippen molar-refractivity contribution in [3.63, 3.8) is 0 Å². The largest absolute Gasteiger partial charge is 0.330 e. The molecule has 2 N–H and O–H groups in total. The molecule has 0 aliphatic rings. The summed E-state index contributed by atoms with van der Waals surface area (Å²) in [5, 5.41) is 8.46. The average molecular weight is 324 g/mol. The number of aryl methyl sites for hydroxylation is 2. The second-order valence-electron chi connectivity index (χ2n) is 5.13. The van der Waals surface area contributed by atoms with Gasteiger partial charge in [0.1, 0.15) is 5.69 Å². The number of hydrogen-bond acceptors (Lipinski definition) is 5. The van der Waals surface area contributed by atoms with Crippen molar-refractivity contribution in [3.05, 3.63) is 64.9 Å². The van der Waals surface area contributed by atoms with Gasteiger partial charge in [0, 0.05) is 17.3 Å². The Hall–Kier alpha value is -2.73. The minimum atomic E-state index is -0.210. The highest BCUT2D eigenvalue weighted by Crippen LogP contribution is 2.23. The lowest BCUT2D eigenvalue weighted by atomic mass is 10.1. The fourth-order valence-corrected chi connectivity index (χ4v) is 2.90. The first-order chi connectivity index (χ1) is 11.1. The minimum absolute atomic E-state index is 0.210. The van der Waals surface area contributed by atoms with Crippen molar-refractivity contribution in [2.45, 2.75) is 13.8 Å². The Morgan fingerprint density at radius 3 is 2.61 bits per heavy atom. The number of pyridine rings is 1. The quantitative estimate of drug-likeness (QED) is 0.756. The van der Waals surface area contributed by atoms with Gasteiger partial charge in [-0.3, -0.25) is 9.78 Å². The summed E-state index contributed by atoms with van der Waals surface area (Å²) in [7, 11) is 0. The smallest absolute Gasteiger partial charge is 0.275 e. The number of thiazole rings is 1. The Balaban J connectivity index is 1.74. The highest BCUT2D eigenvalue weighted by atomic mass is 32.1. The van der Waals surface area contributed by atoms with Gasteiger partial charge in [0.15, 0.2) is 5.13 Å². The van der Waals surface area contributed by atoms with E-state index >= 15 is 0 Å². The maximum atomic E-state index is 12.4. The van der Waals surface area contributed by atoms with E-state index in [9.17, 15) is 4.79 Å². The van der Waals surface area contributed by atoms with Crippen molar-refractivity contribution in [1.82, 2.24) is 9.97 Å². The highest BCUT2D eigenvalue weighted by Gasteiger charge is 2.13. The summed E-state index contributed by atoms with van der Waals surface area (Å²) in [6.07, 6.45) is 3.41. The van der Waals surface area contributed by atoms with Crippen LogP contribution in [0.1, 0.15) is 21.6 Å². The van der Waals surface area contributed by atoms with Gasteiger partial charge < -0.3 is 10.6 Å². The number of amides is 1. The SMILES string of the molecule is Cc1cccc(C)c1NC(=O)c1csc(Nc2cccnc2)n1. The molecule has 0 unspecified atom stereocenters. The molecule has 0 aliphatic carbocycles. The van der Waals surface area contributed by atoms with Crippen LogP contribution in [0.2, 0.25) is 0 Å². The number of benzene rings is 1. The van der Waals surface area contributed by atoms with Crippen molar-refractivity contribution >= 4 is 33.8 Å². The fraction of sp³-hybridized carbons (Fsp3) is 0.118. The fourth-order valence-electron chi connectivity index (χ4n) is 2.18. The molecule has 2 aromatic heterocycles. The number of aromatic nitrogens is 2. The van der Waals surface area contributed by atoms with Crippen LogP contribution in [0.25, 0.3) is 0 Å². The Morgan fingerprint density at radius 2 is 1.91 bits per heavy atom. The van der Waals surface area contributed by atoms with Gasteiger partial charge in [-0.1, -0.05) is 18.2 Å². The van der Waals surface area contributed by atoms with Gasteiger partial charge in [-0.15, -0.1) is 11.3 Å². The zero-order valence-corrected chi connectivity index (χ0v) is 13.6. The molecule has 0 fully saturated rings. The predicted molar refractivity (Wildman–Crippen MR) is 93.5 cm³/mol. The van der Waals surface area contributed by atoms with E-state index in [-0.39, 0.29) is 5.91 Å². The zero-order chi connectivity index (χ0) is 16.2. The molecular weight excluding hydrogens is 308 g/mol. The maximum absolute atomic E-state index is 12.4. The van der Waals surface area contributed by atoms with Crippen LogP contribution < -0.4 is 10.6 Å². The summed E-state index contributed by atoms with van der Waals surface area (Å²) in [5.74, 6) is -0.210. The third-order valence-corrected chi connectivity index (χ3v) is 4.13. The van der Waals surface area contributed by atoms with Crippen LogP contribution in [0.4, 0.5) is 16.5 Å². The standard InChI is InChI=1S/C17H16N4OS/c1-11-5-3-6-12(2)15(11)21-16(22)14-10-23-17(20-14)19-13-7-4-8-18-9-13/h3-10H,1-2H3,(H,19,20)(H,21,22). The van der Waals surface area contributed by atoms with Gasteiger partial charge in [-0.25, -0.2) is 4.98 Å². The second-order valence-corrected chi connectivity index (χ2v) is 5.98. The number of nitrogens with zero attached hydrogens (tertiary/aromatic N) is 2. The molecule has 0 atom stereocenters. The molecule has 0 saturated heterocycles. The van der Waals surface area contributed by atoms with Gasteiger partial charge in [-0.05, 0) is 37.1 Å². The average Bonchev–Trinajstić information content (AvgIpc) is 3.00. The highest BCUT2D eigenvalue weighted by molar-refractivity contribution is 7.14. The summed E-state index contributed by atoms with van der Waals surface area (Å²) in [6.45, 7) is 3.94. The Morgan fingerprint density at radius 1 is 1.13 bits per heavy atom. The predicted octanol–water partition coefficient (Wildman–Crippen LogP) is 4.15. The summed E-state index contributed by atoms with van der Waals surface area (Å²) in [6, 6.07) is 9.65. The molecule has 23 heavy (non-hydrogen) atoms. The summed E-state index contributed by atoms with van der Waals surface area (Å²) in [5.41, 5.74) is 4.13.